The Hall–Kier alpha value is 1.03. The molecule has 4 heteroatoms. The first kappa shape index (κ1) is 14.1. The Morgan fingerprint density at radius 3 is 1.67 bits per heavy atom. The predicted molar refractivity (Wildman–Crippen MR) is 78.8 cm³/mol. The van der Waals surface area contributed by atoms with Gasteiger partial charge in [-0.2, -0.15) is 0 Å². The first-order valence-corrected chi connectivity index (χ1v) is 12.3. The molecule has 0 heterocycles. The number of halogens is 2. The quantitative estimate of drug-likeness (QED) is 0.499. The van der Waals surface area contributed by atoms with Crippen molar-refractivity contribution in [3.8, 4) is 0 Å². The third-order valence-corrected chi connectivity index (χ3v) is 13.1. The molecule has 0 radical (unpaired) electrons. The Bertz CT molecular complexity index is 423. The van der Waals surface area contributed by atoms with Crippen LogP contribution in [0.4, 0.5) is 0 Å². The second-order valence-corrected chi connectivity index (χ2v) is 20.9. The molecule has 0 aromatic rings. The Balaban J connectivity index is 3.62. The van der Waals surface area contributed by atoms with E-state index >= 15 is 0 Å². The molecule has 0 unspecified atom stereocenters. The monoisotopic (exact) mass is 476 g/mol. The summed E-state index contributed by atoms with van der Waals surface area (Å²) in [6, 6.07) is 0. The topological polar surface area (TPSA) is 17.1 Å². The number of hydrogen-bond acceptors (Lipinski definition) is 1. The maximum absolute atomic E-state index is 11.2. The van der Waals surface area contributed by atoms with Gasteiger partial charge in [-0.25, -0.2) is 0 Å². The molecule has 88 valence electrons. The second kappa shape index (κ2) is 4.36. The predicted octanol–water partition coefficient (Wildman–Crippen LogP) is 4.77. The molecule has 0 bridgehead atoms. The van der Waals surface area contributed by atoms with Crippen LogP contribution >= 0.6 is 40.8 Å². The average molecular weight is 476 g/mol. The van der Waals surface area contributed by atoms with Gasteiger partial charge in [0.1, 0.15) is 0 Å². The molecular weight excluding hydrogens is 461 g/mol. The molecule has 1 nitrogen and oxygen atoms in total. The van der Waals surface area contributed by atoms with E-state index in [0.717, 1.165) is 0 Å². The molecule has 0 atom stereocenters. The molecule has 0 amide bonds. The number of allylic oxidation sites excluding steroid dienone is 4. The van der Waals surface area contributed by atoms with Gasteiger partial charge >= 0.3 is 117 Å². The van der Waals surface area contributed by atoms with Gasteiger partial charge in [-0.15, -0.1) is 0 Å². The van der Waals surface area contributed by atoms with Crippen LogP contribution in [0.5, 0.6) is 0 Å². The van der Waals surface area contributed by atoms with E-state index in [1.807, 2.05) is 0 Å². The molecule has 0 aromatic heterocycles. The minimum atomic E-state index is -1.73. The Labute approximate surface area is 116 Å². The van der Waals surface area contributed by atoms with Gasteiger partial charge in [0.25, 0.3) is 0 Å². The number of hydrogen-bond donors (Lipinski definition) is 0. The molecule has 1 rings (SSSR count). The Morgan fingerprint density at radius 2 is 1.40 bits per heavy atom. The van der Waals surface area contributed by atoms with Crippen molar-refractivity contribution in [2.45, 2.75) is 39.0 Å². The van der Waals surface area contributed by atoms with Crippen molar-refractivity contribution in [3.05, 3.63) is 22.3 Å². The molecule has 1 aliphatic rings. The molecule has 0 aliphatic heterocycles. The molecule has 0 fully saturated rings. The van der Waals surface area contributed by atoms with E-state index < -0.39 is 5.75 Å². The van der Waals surface area contributed by atoms with Gasteiger partial charge < -0.3 is 0 Å². The van der Waals surface area contributed by atoms with E-state index in [0.29, 0.717) is 0 Å². The second-order valence-electron chi connectivity index (χ2n) is 3.91. The standard InChI is InChI=1S/C10H15.CO.Co.2HI/c1-6-7(2)9(4)10(5)8(6)3;1-2;;;/h1-5H3;;;2*1H/q;;+2;;/p-2. The molecule has 15 heavy (non-hydrogen) atoms. The average Bonchev–Trinajstić information content (AvgIpc) is 2.35. The summed E-state index contributed by atoms with van der Waals surface area (Å²) in [5, 5.41) is 0. The fourth-order valence-corrected chi connectivity index (χ4v) is 7.94. The van der Waals surface area contributed by atoms with E-state index in [9.17, 15) is 4.79 Å². The van der Waals surface area contributed by atoms with Crippen LogP contribution in [-0.4, -0.2) is 4.82 Å². The van der Waals surface area contributed by atoms with E-state index in [4.69, 9.17) is 0 Å². The van der Waals surface area contributed by atoms with Crippen LogP contribution in [-0.2, 0) is 10.5 Å². The summed E-state index contributed by atoms with van der Waals surface area (Å²) in [5.74, 6) is -1.73. The molecular formula is C11H15CoI2O. The van der Waals surface area contributed by atoms with E-state index in [-0.39, 0.29) is 4.35 Å². The molecule has 0 saturated carbocycles. The first-order chi connectivity index (χ1) is 6.70. The summed E-state index contributed by atoms with van der Waals surface area (Å²) in [7, 11) is 0. The van der Waals surface area contributed by atoms with Crippen molar-refractivity contribution in [2.75, 3.05) is 0 Å². The summed E-state index contributed by atoms with van der Waals surface area (Å²) in [6.45, 7) is 10.8. The third-order valence-electron chi connectivity index (χ3n) is 3.57. The van der Waals surface area contributed by atoms with Crippen molar-refractivity contribution in [2.24, 2.45) is 0 Å². The van der Waals surface area contributed by atoms with E-state index in [1.165, 1.54) is 22.3 Å². The summed E-state index contributed by atoms with van der Waals surface area (Å²) in [6.07, 6.45) is 0. The first-order valence-electron chi connectivity index (χ1n) is 4.54. The summed E-state index contributed by atoms with van der Waals surface area (Å²) in [5.41, 5.74) is 5.39. The molecule has 0 spiro atoms. The van der Waals surface area contributed by atoms with Crippen LogP contribution in [0.3, 0.4) is 0 Å². The van der Waals surface area contributed by atoms with Crippen LogP contribution in [0.15, 0.2) is 22.3 Å². The zero-order chi connectivity index (χ0) is 12.0. The number of rotatable bonds is 1. The molecule has 0 saturated heterocycles. The van der Waals surface area contributed by atoms with E-state index in [1.54, 1.807) is 0 Å². The number of carbonyl (C=O) groups excluding carboxylic acids is 1. The van der Waals surface area contributed by atoms with Crippen molar-refractivity contribution >= 4 is 45.7 Å². The Kier molecular flexibility index (Phi) is 4.10. The van der Waals surface area contributed by atoms with Crippen molar-refractivity contribution in [3.63, 3.8) is 0 Å². The van der Waals surface area contributed by atoms with Gasteiger partial charge in [-0.1, -0.05) is 0 Å². The van der Waals surface area contributed by atoms with Gasteiger partial charge in [0.15, 0.2) is 0 Å². The Morgan fingerprint density at radius 1 is 1.07 bits per heavy atom. The SMILES string of the molecule is CC1=C(C)[C](C)([Co]([I])([I])=[C]=O)C(C)=C1C. The van der Waals surface area contributed by atoms with Gasteiger partial charge in [-0.05, 0) is 0 Å². The molecule has 1 aliphatic carbocycles. The van der Waals surface area contributed by atoms with Crippen molar-refractivity contribution in [1.29, 1.82) is 0 Å². The van der Waals surface area contributed by atoms with E-state index in [2.05, 4.69) is 80.3 Å². The van der Waals surface area contributed by atoms with Gasteiger partial charge in [-0.3, -0.25) is 0 Å². The van der Waals surface area contributed by atoms with Crippen LogP contribution < -0.4 is 0 Å². The van der Waals surface area contributed by atoms with Gasteiger partial charge in [0.05, 0.1) is 0 Å². The minimum absolute atomic E-state index is 0.0811. The van der Waals surface area contributed by atoms with Crippen LogP contribution in [0.1, 0.15) is 34.6 Å². The van der Waals surface area contributed by atoms with Gasteiger partial charge in [0, 0.05) is 0 Å². The fourth-order valence-electron chi connectivity index (χ4n) is 1.91. The normalized spacial score (nSPS) is 22.1. The zero-order valence-electron chi connectivity index (χ0n) is 9.50. The van der Waals surface area contributed by atoms with Crippen LogP contribution in [0, 0.1) is 0 Å². The third kappa shape index (κ3) is 1.86. The van der Waals surface area contributed by atoms with Crippen molar-refractivity contribution < 1.29 is 10.5 Å². The summed E-state index contributed by atoms with van der Waals surface area (Å²) in [4.78, 5) is 13.5. The molecule has 0 aromatic carbocycles. The zero-order valence-corrected chi connectivity index (χ0v) is 14.9. The van der Waals surface area contributed by atoms with Crippen LogP contribution in [0.25, 0.3) is 0 Å². The van der Waals surface area contributed by atoms with Crippen LogP contribution in [0.2, 0.25) is 4.35 Å². The fraction of sp³-hybridized carbons (Fsp3) is 0.545. The summed E-state index contributed by atoms with van der Waals surface area (Å²) >= 11 is 4.63. The maximum atomic E-state index is 11.2. The van der Waals surface area contributed by atoms with Gasteiger partial charge in [0.2, 0.25) is 0 Å². The van der Waals surface area contributed by atoms with Crippen molar-refractivity contribution in [1.82, 2.24) is 0 Å². The summed E-state index contributed by atoms with van der Waals surface area (Å²) < 4.78 is -0.0811. The molecule has 0 N–H and O–H groups in total.